The van der Waals surface area contributed by atoms with Gasteiger partial charge in [0.25, 0.3) is 0 Å². The van der Waals surface area contributed by atoms with Gasteiger partial charge in [0.15, 0.2) is 0 Å². The van der Waals surface area contributed by atoms with Crippen molar-refractivity contribution in [2.75, 3.05) is 13.2 Å². The van der Waals surface area contributed by atoms with E-state index in [1.54, 1.807) is 4.90 Å². The van der Waals surface area contributed by atoms with Crippen LogP contribution in [0.2, 0.25) is 0 Å². The molecule has 1 amide bonds. The predicted molar refractivity (Wildman–Crippen MR) is 120 cm³/mol. The summed E-state index contributed by atoms with van der Waals surface area (Å²) in [5.41, 5.74) is 3.29. The van der Waals surface area contributed by atoms with Crippen LogP contribution < -0.4 is 0 Å². The average Bonchev–Trinajstić information content (AvgIpc) is 2.79. The molecule has 2 fully saturated rings. The first-order valence-electron chi connectivity index (χ1n) is 11.8. The van der Waals surface area contributed by atoms with Crippen LogP contribution >= 0.6 is 0 Å². The molecule has 164 valence electrons. The molecule has 3 rings (SSSR count). The Kier molecular flexibility index (Phi) is 8.53. The molecule has 1 saturated carbocycles. The van der Waals surface area contributed by atoms with Crippen molar-refractivity contribution in [2.45, 2.75) is 83.6 Å². The second kappa shape index (κ2) is 11.3. The number of carbonyl (C=O) groups is 2. The van der Waals surface area contributed by atoms with Gasteiger partial charge in [-0.3, -0.25) is 4.79 Å². The normalized spacial score (nSPS) is 20.0. The minimum atomic E-state index is -0.441. The maximum atomic E-state index is 13.1. The van der Waals surface area contributed by atoms with E-state index in [4.69, 9.17) is 4.74 Å². The molecular weight excluding hydrogens is 374 g/mol. The Labute approximate surface area is 181 Å². The summed E-state index contributed by atoms with van der Waals surface area (Å²) in [7, 11) is 0. The molecule has 1 saturated heterocycles. The third-order valence-electron chi connectivity index (χ3n) is 6.63. The van der Waals surface area contributed by atoms with Crippen LogP contribution in [0.15, 0.2) is 36.4 Å². The number of piperidine rings is 1. The molecule has 1 aromatic rings. The number of esters is 1. The molecule has 0 spiro atoms. The third kappa shape index (κ3) is 6.20. The Morgan fingerprint density at radius 2 is 1.70 bits per heavy atom. The number of rotatable bonds is 8. The topological polar surface area (TPSA) is 46.6 Å². The van der Waals surface area contributed by atoms with Crippen LogP contribution in [0.1, 0.15) is 75.3 Å². The summed E-state index contributed by atoms with van der Waals surface area (Å²) in [5, 5.41) is 0. The molecular formula is C26H37NO3. The highest BCUT2D eigenvalue weighted by atomic mass is 16.5. The number of amides is 1. The average molecular weight is 412 g/mol. The Morgan fingerprint density at radius 3 is 2.43 bits per heavy atom. The van der Waals surface area contributed by atoms with Crippen LogP contribution in [0.4, 0.5) is 0 Å². The predicted octanol–water partition coefficient (Wildman–Crippen LogP) is 5.38. The molecule has 2 aliphatic rings. The Balaban J connectivity index is 1.45. The number of likely N-dealkylation sites (tertiary alicyclic amines) is 1. The smallest absolute Gasteiger partial charge is 0.328 e. The van der Waals surface area contributed by atoms with E-state index in [-0.39, 0.29) is 17.8 Å². The molecule has 1 aromatic carbocycles. The van der Waals surface area contributed by atoms with Crippen molar-refractivity contribution in [3.8, 4) is 0 Å². The van der Waals surface area contributed by atoms with Gasteiger partial charge in [-0.2, -0.15) is 0 Å². The molecule has 1 atom stereocenters. The lowest BCUT2D eigenvalue weighted by Crippen LogP contribution is -2.49. The van der Waals surface area contributed by atoms with Gasteiger partial charge in [0.05, 0.1) is 6.61 Å². The van der Waals surface area contributed by atoms with Gasteiger partial charge in [0.1, 0.15) is 6.04 Å². The first kappa shape index (κ1) is 22.6. The third-order valence-corrected chi connectivity index (χ3v) is 6.63. The molecule has 1 aliphatic heterocycles. The van der Waals surface area contributed by atoms with E-state index in [2.05, 4.69) is 37.8 Å². The van der Waals surface area contributed by atoms with Crippen molar-refractivity contribution < 1.29 is 14.3 Å². The molecule has 4 nitrogen and oxygen atoms in total. The number of unbranched alkanes of at least 4 members (excludes halogenated alkanes) is 1. The van der Waals surface area contributed by atoms with Gasteiger partial charge in [-0.1, -0.05) is 55.7 Å². The molecule has 0 bridgehead atoms. The highest BCUT2D eigenvalue weighted by Crippen LogP contribution is 2.31. The molecule has 4 heteroatoms. The van der Waals surface area contributed by atoms with Gasteiger partial charge < -0.3 is 9.64 Å². The lowest BCUT2D eigenvalue weighted by Gasteiger charge is -2.36. The van der Waals surface area contributed by atoms with E-state index >= 15 is 0 Å². The highest BCUT2D eigenvalue weighted by Gasteiger charge is 2.35. The first-order chi connectivity index (χ1) is 14.6. The molecule has 0 radical (unpaired) electrons. The molecule has 0 N–H and O–H groups in total. The summed E-state index contributed by atoms with van der Waals surface area (Å²) >= 11 is 0. The van der Waals surface area contributed by atoms with Crippen molar-refractivity contribution in [3.05, 3.63) is 47.5 Å². The molecule has 30 heavy (non-hydrogen) atoms. The fourth-order valence-electron chi connectivity index (χ4n) is 4.68. The van der Waals surface area contributed by atoms with Crippen LogP contribution in [0.5, 0.6) is 0 Å². The van der Waals surface area contributed by atoms with Crippen LogP contribution in [0, 0.1) is 12.8 Å². The minimum absolute atomic E-state index is 0.0251. The van der Waals surface area contributed by atoms with Crippen LogP contribution in [-0.4, -0.2) is 36.0 Å². The van der Waals surface area contributed by atoms with Crippen molar-refractivity contribution >= 4 is 11.9 Å². The van der Waals surface area contributed by atoms with Gasteiger partial charge >= 0.3 is 5.97 Å². The molecule has 0 aromatic heterocycles. The maximum absolute atomic E-state index is 13.1. The highest BCUT2D eigenvalue weighted by molar-refractivity contribution is 5.96. The molecule has 1 aliphatic carbocycles. The van der Waals surface area contributed by atoms with Crippen molar-refractivity contribution in [2.24, 2.45) is 5.92 Å². The van der Waals surface area contributed by atoms with E-state index in [9.17, 15) is 9.59 Å². The summed E-state index contributed by atoms with van der Waals surface area (Å²) in [6.07, 6.45) is 11.1. The quantitative estimate of drug-likeness (QED) is 0.328. The standard InChI is InChI=1S/C26H37NO3/c1-20-14-16-22(17-15-20)10-7-9-19-30-26(29)24-13-6-8-18-27(24)25(28)21(2)23-11-4-3-5-12-23/h14-17,23-24H,2-13,18-19H2,1H3. The van der Waals surface area contributed by atoms with E-state index < -0.39 is 6.04 Å². The van der Waals surface area contributed by atoms with E-state index in [1.165, 1.54) is 30.4 Å². The maximum Gasteiger partial charge on any atom is 0.328 e. The largest absolute Gasteiger partial charge is 0.464 e. The molecule has 1 heterocycles. The fourth-order valence-corrected chi connectivity index (χ4v) is 4.68. The Bertz CT molecular complexity index is 718. The van der Waals surface area contributed by atoms with Gasteiger partial charge in [0, 0.05) is 12.1 Å². The number of hydrogen-bond donors (Lipinski definition) is 0. The summed E-state index contributed by atoms with van der Waals surface area (Å²) in [6.45, 7) is 7.27. The summed E-state index contributed by atoms with van der Waals surface area (Å²) in [6, 6.07) is 8.14. The zero-order valence-corrected chi connectivity index (χ0v) is 18.5. The summed E-state index contributed by atoms with van der Waals surface area (Å²) < 4.78 is 5.58. The SMILES string of the molecule is C=C(C(=O)N1CCCCC1C(=O)OCCCCc1ccc(C)cc1)C1CCCCC1. The van der Waals surface area contributed by atoms with Gasteiger partial charge in [-0.05, 0) is 69.8 Å². The number of hydrogen-bond acceptors (Lipinski definition) is 3. The second-order valence-corrected chi connectivity index (χ2v) is 8.98. The Hall–Kier alpha value is -2.10. The zero-order valence-electron chi connectivity index (χ0n) is 18.5. The monoisotopic (exact) mass is 411 g/mol. The molecule has 1 unspecified atom stereocenters. The lowest BCUT2D eigenvalue weighted by atomic mass is 9.83. The first-order valence-corrected chi connectivity index (χ1v) is 11.8. The number of benzene rings is 1. The lowest BCUT2D eigenvalue weighted by molar-refractivity contribution is -0.156. The second-order valence-electron chi connectivity index (χ2n) is 8.98. The van der Waals surface area contributed by atoms with Crippen LogP contribution in [0.25, 0.3) is 0 Å². The number of aryl methyl sites for hydroxylation is 2. The van der Waals surface area contributed by atoms with Crippen molar-refractivity contribution in [1.29, 1.82) is 0 Å². The van der Waals surface area contributed by atoms with Gasteiger partial charge in [-0.15, -0.1) is 0 Å². The van der Waals surface area contributed by atoms with E-state index in [0.717, 1.165) is 44.9 Å². The minimum Gasteiger partial charge on any atom is -0.464 e. The van der Waals surface area contributed by atoms with E-state index in [1.807, 2.05) is 0 Å². The van der Waals surface area contributed by atoms with E-state index in [0.29, 0.717) is 25.1 Å². The van der Waals surface area contributed by atoms with Gasteiger partial charge in [-0.25, -0.2) is 4.79 Å². The fraction of sp³-hybridized carbons (Fsp3) is 0.615. The van der Waals surface area contributed by atoms with Crippen molar-refractivity contribution in [3.63, 3.8) is 0 Å². The summed E-state index contributed by atoms with van der Waals surface area (Å²) in [5.74, 6) is 0.0179. The van der Waals surface area contributed by atoms with Crippen LogP contribution in [0.3, 0.4) is 0 Å². The number of nitrogens with zero attached hydrogens (tertiary/aromatic N) is 1. The number of carbonyl (C=O) groups excluding carboxylic acids is 2. The Morgan fingerprint density at radius 1 is 1.00 bits per heavy atom. The number of ether oxygens (including phenoxy) is 1. The van der Waals surface area contributed by atoms with Crippen LogP contribution in [-0.2, 0) is 20.7 Å². The summed E-state index contributed by atoms with van der Waals surface area (Å²) in [4.78, 5) is 27.6. The zero-order chi connectivity index (χ0) is 21.3. The van der Waals surface area contributed by atoms with Crippen molar-refractivity contribution in [1.82, 2.24) is 4.90 Å². The van der Waals surface area contributed by atoms with Gasteiger partial charge in [0.2, 0.25) is 5.91 Å².